The van der Waals surface area contributed by atoms with Gasteiger partial charge in [0.1, 0.15) is 5.76 Å². The second-order valence-corrected chi connectivity index (χ2v) is 3.85. The number of hydrogen-bond acceptors (Lipinski definition) is 4. The Balaban J connectivity index is 2.86. The van der Waals surface area contributed by atoms with E-state index in [-0.39, 0.29) is 22.6 Å². The number of Topliss-reactive ketones (excluding diaryl/α,β-unsaturated/α-hetero) is 2. The number of carbonyl (C=O) groups excluding carboxylic acids is 2. The molecule has 1 aliphatic rings. The van der Waals surface area contributed by atoms with Crippen LogP contribution in [0.5, 0.6) is 0 Å². The molecule has 0 radical (unpaired) electrons. The topological polar surface area (TPSA) is 80.4 Å². The van der Waals surface area contributed by atoms with Gasteiger partial charge in [0, 0.05) is 16.8 Å². The average molecular weight is 217 g/mol. The molecular weight excluding hydrogens is 206 g/mol. The zero-order valence-corrected chi connectivity index (χ0v) is 9.00. The van der Waals surface area contributed by atoms with E-state index in [0.29, 0.717) is 11.1 Å². The molecule has 0 aromatic heterocycles. The average Bonchev–Trinajstić information content (AvgIpc) is 2.27. The van der Waals surface area contributed by atoms with Crippen molar-refractivity contribution in [3.63, 3.8) is 0 Å². The minimum absolute atomic E-state index is 0.0701. The van der Waals surface area contributed by atoms with Gasteiger partial charge in [-0.05, 0) is 19.4 Å². The van der Waals surface area contributed by atoms with Crippen LogP contribution in [0.3, 0.4) is 0 Å². The van der Waals surface area contributed by atoms with Crippen LogP contribution < -0.4 is 5.73 Å². The number of hydrogen-bond donors (Lipinski definition) is 2. The van der Waals surface area contributed by atoms with Crippen molar-refractivity contribution < 1.29 is 14.7 Å². The number of benzene rings is 1. The molecule has 4 heteroatoms. The van der Waals surface area contributed by atoms with E-state index in [9.17, 15) is 14.7 Å². The predicted octanol–water partition coefficient (Wildman–Crippen LogP) is 1.63. The van der Waals surface area contributed by atoms with Crippen molar-refractivity contribution in [3.05, 3.63) is 34.4 Å². The third kappa shape index (κ3) is 1.16. The molecule has 0 atom stereocenters. The van der Waals surface area contributed by atoms with Crippen molar-refractivity contribution in [1.82, 2.24) is 0 Å². The van der Waals surface area contributed by atoms with Gasteiger partial charge in [-0.25, -0.2) is 0 Å². The number of anilines is 1. The zero-order chi connectivity index (χ0) is 12.0. The monoisotopic (exact) mass is 217 g/mol. The Kier molecular flexibility index (Phi) is 2.08. The lowest BCUT2D eigenvalue weighted by Crippen LogP contribution is -2.24. The van der Waals surface area contributed by atoms with Gasteiger partial charge in [-0.1, -0.05) is 12.1 Å². The van der Waals surface area contributed by atoms with Crippen molar-refractivity contribution in [2.75, 3.05) is 5.73 Å². The molecule has 16 heavy (non-hydrogen) atoms. The minimum Gasteiger partial charge on any atom is -0.507 e. The number of nitrogens with two attached hydrogens (primary N) is 1. The van der Waals surface area contributed by atoms with Crippen LogP contribution >= 0.6 is 0 Å². The largest absolute Gasteiger partial charge is 0.507 e. The first kappa shape index (κ1) is 10.4. The van der Waals surface area contributed by atoms with Crippen molar-refractivity contribution in [3.8, 4) is 0 Å². The summed E-state index contributed by atoms with van der Waals surface area (Å²) in [4.78, 5) is 23.3. The molecule has 4 nitrogen and oxygen atoms in total. The van der Waals surface area contributed by atoms with Crippen LogP contribution in [0, 0.1) is 6.92 Å². The Morgan fingerprint density at radius 2 is 1.75 bits per heavy atom. The van der Waals surface area contributed by atoms with Gasteiger partial charge in [0.15, 0.2) is 0 Å². The summed E-state index contributed by atoms with van der Waals surface area (Å²) in [5, 5.41) is 9.78. The van der Waals surface area contributed by atoms with Crippen LogP contribution in [0.1, 0.15) is 28.4 Å². The summed E-state index contributed by atoms with van der Waals surface area (Å²) in [5.41, 5.74) is 7.26. The number of rotatable bonds is 0. The first-order chi connectivity index (χ1) is 7.45. The van der Waals surface area contributed by atoms with Gasteiger partial charge in [0.05, 0.1) is 5.56 Å². The smallest absolute Gasteiger partial charge is 0.236 e. The summed E-state index contributed by atoms with van der Waals surface area (Å²) in [6.07, 6.45) is 0. The van der Waals surface area contributed by atoms with Gasteiger partial charge in [-0.3, -0.25) is 9.59 Å². The molecule has 82 valence electrons. The summed E-state index contributed by atoms with van der Waals surface area (Å²) >= 11 is 0. The quantitative estimate of drug-likeness (QED) is 0.511. The maximum Gasteiger partial charge on any atom is 0.236 e. The number of fused-ring (bicyclic) bond motifs is 1. The molecule has 3 N–H and O–H groups in total. The van der Waals surface area contributed by atoms with Gasteiger partial charge in [0.2, 0.25) is 11.6 Å². The Morgan fingerprint density at radius 3 is 2.38 bits per heavy atom. The SMILES string of the molecule is CC1=C(O)c2ccc(C)c(N)c2C(=O)C1=O. The molecule has 0 saturated heterocycles. The normalized spacial score (nSPS) is 15.4. The molecular formula is C12H11NO3. The first-order valence-electron chi connectivity index (χ1n) is 4.83. The first-order valence-corrected chi connectivity index (χ1v) is 4.83. The summed E-state index contributed by atoms with van der Waals surface area (Å²) in [6, 6.07) is 3.31. The Labute approximate surface area is 92.4 Å². The third-order valence-corrected chi connectivity index (χ3v) is 2.85. The maximum atomic E-state index is 11.8. The van der Waals surface area contributed by atoms with E-state index in [1.165, 1.54) is 6.92 Å². The van der Waals surface area contributed by atoms with Crippen molar-refractivity contribution >= 4 is 23.0 Å². The number of allylic oxidation sites excluding steroid dienone is 1. The Morgan fingerprint density at radius 1 is 1.12 bits per heavy atom. The molecule has 0 heterocycles. The summed E-state index contributed by atoms with van der Waals surface area (Å²) in [5.74, 6) is -1.50. The van der Waals surface area contributed by atoms with Crippen LogP contribution in [0.4, 0.5) is 5.69 Å². The van der Waals surface area contributed by atoms with Crippen molar-refractivity contribution in [1.29, 1.82) is 0 Å². The highest BCUT2D eigenvalue weighted by molar-refractivity contribution is 6.53. The molecule has 0 aliphatic heterocycles. The summed E-state index contributed by atoms with van der Waals surface area (Å²) < 4.78 is 0. The summed E-state index contributed by atoms with van der Waals surface area (Å²) in [7, 11) is 0. The minimum atomic E-state index is -0.692. The predicted molar refractivity (Wildman–Crippen MR) is 60.2 cm³/mol. The highest BCUT2D eigenvalue weighted by Crippen LogP contribution is 2.32. The molecule has 0 bridgehead atoms. The second-order valence-electron chi connectivity index (χ2n) is 3.85. The fraction of sp³-hybridized carbons (Fsp3) is 0.167. The molecule has 0 unspecified atom stereocenters. The number of ketones is 2. The number of carbonyl (C=O) groups is 2. The molecule has 1 aromatic rings. The van der Waals surface area contributed by atoms with E-state index in [4.69, 9.17) is 5.73 Å². The van der Waals surface area contributed by atoms with Crippen molar-refractivity contribution in [2.45, 2.75) is 13.8 Å². The third-order valence-electron chi connectivity index (χ3n) is 2.85. The number of nitrogen functional groups attached to an aromatic ring is 1. The maximum absolute atomic E-state index is 11.8. The van der Waals surface area contributed by atoms with E-state index in [2.05, 4.69) is 0 Å². The Bertz CT molecular complexity index is 556. The molecule has 2 rings (SSSR count). The van der Waals surface area contributed by atoms with Gasteiger partial charge in [-0.15, -0.1) is 0 Å². The van der Waals surface area contributed by atoms with Gasteiger partial charge >= 0.3 is 0 Å². The van der Waals surface area contributed by atoms with Crippen LogP contribution in [0.15, 0.2) is 17.7 Å². The zero-order valence-electron chi connectivity index (χ0n) is 9.00. The van der Waals surface area contributed by atoms with Gasteiger partial charge in [-0.2, -0.15) is 0 Å². The fourth-order valence-electron chi connectivity index (χ4n) is 1.76. The Hall–Kier alpha value is -2.10. The van der Waals surface area contributed by atoms with Gasteiger partial charge in [0.25, 0.3) is 0 Å². The fourth-order valence-corrected chi connectivity index (χ4v) is 1.76. The van der Waals surface area contributed by atoms with Crippen LogP contribution in [-0.4, -0.2) is 16.7 Å². The van der Waals surface area contributed by atoms with Crippen LogP contribution in [0.25, 0.3) is 5.76 Å². The van der Waals surface area contributed by atoms with Crippen LogP contribution in [-0.2, 0) is 4.79 Å². The number of aliphatic hydroxyl groups is 1. The van der Waals surface area contributed by atoms with Crippen molar-refractivity contribution in [2.24, 2.45) is 0 Å². The highest BCUT2D eigenvalue weighted by atomic mass is 16.3. The summed E-state index contributed by atoms with van der Waals surface area (Å²) in [6.45, 7) is 3.17. The lowest BCUT2D eigenvalue weighted by molar-refractivity contribution is -0.111. The van der Waals surface area contributed by atoms with E-state index in [0.717, 1.165) is 0 Å². The van der Waals surface area contributed by atoms with E-state index in [1.54, 1.807) is 19.1 Å². The lowest BCUT2D eigenvalue weighted by Gasteiger charge is -2.18. The molecule has 1 aliphatic carbocycles. The molecule has 1 aromatic carbocycles. The molecule has 0 fully saturated rings. The number of aryl methyl sites for hydroxylation is 1. The van der Waals surface area contributed by atoms with E-state index >= 15 is 0 Å². The second kappa shape index (κ2) is 3.20. The molecule has 0 spiro atoms. The highest BCUT2D eigenvalue weighted by Gasteiger charge is 2.32. The molecule has 0 saturated carbocycles. The number of aliphatic hydroxyl groups excluding tert-OH is 1. The standard InChI is InChI=1S/C12H11NO3/c1-5-3-4-7-8(9(5)13)12(16)11(15)6(2)10(7)14/h3-4,14H,13H2,1-2H3. The van der Waals surface area contributed by atoms with Gasteiger partial charge < -0.3 is 10.8 Å². The van der Waals surface area contributed by atoms with E-state index < -0.39 is 11.6 Å². The molecule has 0 amide bonds. The van der Waals surface area contributed by atoms with Crippen LogP contribution in [0.2, 0.25) is 0 Å². The lowest BCUT2D eigenvalue weighted by atomic mass is 9.87. The van der Waals surface area contributed by atoms with E-state index in [1.807, 2.05) is 0 Å².